The van der Waals surface area contributed by atoms with Crippen molar-refractivity contribution >= 4 is 17.6 Å². The predicted octanol–water partition coefficient (Wildman–Crippen LogP) is 4.14. The molecule has 3 aromatic rings. The normalized spacial score (nSPS) is 10.5. The first-order valence-electron chi connectivity index (χ1n) is 7.72. The summed E-state index contributed by atoms with van der Waals surface area (Å²) in [6, 6.07) is 12.9. The molecule has 0 amide bonds. The van der Waals surface area contributed by atoms with Gasteiger partial charge in [0.05, 0.1) is 6.42 Å². The predicted molar refractivity (Wildman–Crippen MR) is 94.5 cm³/mol. The molecular weight excluding hydrogens is 359 g/mol. The largest absolute Gasteiger partial charge is 0.481 e. The molecule has 0 unspecified atom stereocenters. The van der Waals surface area contributed by atoms with Crippen molar-refractivity contribution in [1.29, 1.82) is 0 Å². The highest BCUT2D eigenvalue weighted by atomic mass is 35.5. The SMILES string of the molecule is O=C(O)Cc1ccc(-c2nccc(OCc3ccc(Cl)cc3F)n2)cc1. The Morgan fingerprint density at radius 3 is 2.62 bits per heavy atom. The highest BCUT2D eigenvalue weighted by molar-refractivity contribution is 6.30. The van der Waals surface area contributed by atoms with Gasteiger partial charge in [-0.1, -0.05) is 41.9 Å². The minimum Gasteiger partial charge on any atom is -0.481 e. The Morgan fingerprint density at radius 1 is 1.15 bits per heavy atom. The summed E-state index contributed by atoms with van der Waals surface area (Å²) in [7, 11) is 0. The maximum atomic E-state index is 13.8. The molecule has 0 spiro atoms. The first kappa shape index (κ1) is 17.8. The molecule has 2 aromatic carbocycles. The van der Waals surface area contributed by atoms with Gasteiger partial charge < -0.3 is 9.84 Å². The van der Waals surface area contributed by atoms with Gasteiger partial charge in [-0.05, 0) is 17.7 Å². The van der Waals surface area contributed by atoms with Gasteiger partial charge in [-0.15, -0.1) is 0 Å². The number of carbonyl (C=O) groups is 1. The molecular formula is C19H14ClFN2O3. The number of carboxylic acids is 1. The van der Waals surface area contributed by atoms with E-state index < -0.39 is 11.8 Å². The van der Waals surface area contributed by atoms with Gasteiger partial charge in [-0.3, -0.25) is 4.79 Å². The van der Waals surface area contributed by atoms with Crippen LogP contribution in [0.15, 0.2) is 54.7 Å². The number of nitrogens with zero attached hydrogens (tertiary/aromatic N) is 2. The van der Waals surface area contributed by atoms with Crippen molar-refractivity contribution < 1.29 is 19.0 Å². The second kappa shape index (κ2) is 7.93. The summed E-state index contributed by atoms with van der Waals surface area (Å²) < 4.78 is 19.3. The van der Waals surface area contributed by atoms with Crippen LogP contribution in [0.25, 0.3) is 11.4 Å². The smallest absolute Gasteiger partial charge is 0.307 e. The standard InChI is InChI=1S/C19H14ClFN2O3/c20-15-6-5-14(16(21)10-15)11-26-17-7-8-22-19(23-17)13-3-1-12(2-4-13)9-18(24)25/h1-8,10H,9,11H2,(H,24,25). The van der Waals surface area contributed by atoms with Crippen LogP contribution >= 0.6 is 11.6 Å². The molecule has 0 aliphatic rings. The molecule has 0 aliphatic heterocycles. The van der Waals surface area contributed by atoms with Crippen LogP contribution < -0.4 is 4.74 Å². The molecule has 0 radical (unpaired) electrons. The van der Waals surface area contributed by atoms with Crippen LogP contribution in [-0.4, -0.2) is 21.0 Å². The first-order chi connectivity index (χ1) is 12.5. The van der Waals surface area contributed by atoms with Crippen molar-refractivity contribution in [3.63, 3.8) is 0 Å². The number of carboxylic acid groups (broad SMARTS) is 1. The fraction of sp³-hybridized carbons (Fsp3) is 0.105. The number of benzene rings is 2. The Hall–Kier alpha value is -2.99. The minimum absolute atomic E-state index is 0.0109. The van der Waals surface area contributed by atoms with Gasteiger partial charge in [0.15, 0.2) is 5.82 Å². The van der Waals surface area contributed by atoms with E-state index in [0.29, 0.717) is 27.9 Å². The lowest BCUT2D eigenvalue weighted by atomic mass is 10.1. The Bertz CT molecular complexity index is 932. The van der Waals surface area contributed by atoms with Gasteiger partial charge in [-0.2, -0.15) is 4.98 Å². The van der Waals surface area contributed by atoms with Gasteiger partial charge in [0.2, 0.25) is 5.88 Å². The summed E-state index contributed by atoms with van der Waals surface area (Å²) in [6.07, 6.45) is 1.50. The molecule has 1 aromatic heterocycles. The van der Waals surface area contributed by atoms with Crippen molar-refractivity contribution in [2.24, 2.45) is 0 Å². The third-order valence-electron chi connectivity index (χ3n) is 3.59. The average molecular weight is 373 g/mol. The zero-order chi connectivity index (χ0) is 18.5. The van der Waals surface area contributed by atoms with Crippen LogP contribution in [-0.2, 0) is 17.8 Å². The number of aromatic nitrogens is 2. The summed E-state index contributed by atoms with van der Waals surface area (Å²) in [5.74, 6) is -0.598. The number of hydrogen-bond donors (Lipinski definition) is 1. The maximum Gasteiger partial charge on any atom is 0.307 e. The number of halogens is 2. The van der Waals surface area contributed by atoms with Gasteiger partial charge in [0, 0.05) is 28.4 Å². The molecule has 0 atom stereocenters. The average Bonchev–Trinajstić information content (AvgIpc) is 2.61. The molecule has 26 heavy (non-hydrogen) atoms. The highest BCUT2D eigenvalue weighted by Gasteiger charge is 2.08. The third-order valence-corrected chi connectivity index (χ3v) is 3.82. The van der Waals surface area contributed by atoms with Crippen LogP contribution in [0.4, 0.5) is 4.39 Å². The summed E-state index contributed by atoms with van der Waals surface area (Å²) >= 11 is 5.73. The van der Waals surface area contributed by atoms with E-state index in [0.717, 1.165) is 5.56 Å². The topological polar surface area (TPSA) is 72.3 Å². The molecule has 5 nitrogen and oxygen atoms in total. The van der Waals surface area contributed by atoms with E-state index in [-0.39, 0.29) is 13.0 Å². The molecule has 3 rings (SSSR count). The van der Waals surface area contributed by atoms with Gasteiger partial charge in [-0.25, -0.2) is 9.37 Å². The zero-order valence-corrected chi connectivity index (χ0v) is 14.3. The van der Waals surface area contributed by atoms with Crippen LogP contribution in [0.1, 0.15) is 11.1 Å². The number of ether oxygens (including phenoxy) is 1. The molecule has 132 valence electrons. The van der Waals surface area contributed by atoms with Gasteiger partial charge in [0.25, 0.3) is 0 Å². The van der Waals surface area contributed by atoms with Gasteiger partial charge >= 0.3 is 5.97 Å². The monoisotopic (exact) mass is 372 g/mol. The number of rotatable bonds is 6. The zero-order valence-electron chi connectivity index (χ0n) is 13.5. The Balaban J connectivity index is 1.72. The summed E-state index contributed by atoms with van der Waals surface area (Å²) in [5.41, 5.74) is 1.78. The molecule has 0 fully saturated rings. The van der Waals surface area contributed by atoms with Crippen molar-refractivity contribution in [2.75, 3.05) is 0 Å². The molecule has 7 heteroatoms. The van der Waals surface area contributed by atoms with Crippen molar-refractivity contribution in [3.05, 3.63) is 76.7 Å². The van der Waals surface area contributed by atoms with E-state index in [9.17, 15) is 9.18 Å². The fourth-order valence-electron chi connectivity index (χ4n) is 2.30. The summed E-state index contributed by atoms with van der Waals surface area (Å²) in [6.45, 7) is 0.0109. The molecule has 0 aliphatic carbocycles. The number of aliphatic carboxylic acids is 1. The lowest BCUT2D eigenvalue weighted by Crippen LogP contribution is -2.01. The Morgan fingerprint density at radius 2 is 1.92 bits per heavy atom. The van der Waals surface area contributed by atoms with E-state index in [1.165, 1.54) is 6.07 Å². The van der Waals surface area contributed by atoms with Gasteiger partial charge in [0.1, 0.15) is 12.4 Å². The van der Waals surface area contributed by atoms with Crippen molar-refractivity contribution in [1.82, 2.24) is 9.97 Å². The highest BCUT2D eigenvalue weighted by Crippen LogP contribution is 2.20. The van der Waals surface area contributed by atoms with Crippen LogP contribution in [0, 0.1) is 5.82 Å². The molecule has 0 saturated carbocycles. The third kappa shape index (κ3) is 4.55. The van der Waals surface area contributed by atoms with E-state index in [4.69, 9.17) is 21.4 Å². The molecule has 0 bridgehead atoms. The van der Waals surface area contributed by atoms with Crippen LogP contribution in [0.2, 0.25) is 5.02 Å². The fourth-order valence-corrected chi connectivity index (χ4v) is 2.46. The van der Waals surface area contributed by atoms with Crippen molar-refractivity contribution in [3.8, 4) is 17.3 Å². The lowest BCUT2D eigenvalue weighted by Gasteiger charge is -2.08. The minimum atomic E-state index is -0.890. The maximum absolute atomic E-state index is 13.8. The Labute approximate surface area is 154 Å². The van der Waals surface area contributed by atoms with E-state index in [1.54, 1.807) is 48.7 Å². The summed E-state index contributed by atoms with van der Waals surface area (Å²) in [4.78, 5) is 19.2. The second-order valence-corrected chi connectivity index (χ2v) is 5.95. The lowest BCUT2D eigenvalue weighted by molar-refractivity contribution is -0.136. The second-order valence-electron chi connectivity index (χ2n) is 5.51. The summed E-state index contributed by atoms with van der Waals surface area (Å²) in [5, 5.41) is 9.12. The first-order valence-corrected chi connectivity index (χ1v) is 8.10. The van der Waals surface area contributed by atoms with E-state index >= 15 is 0 Å². The van der Waals surface area contributed by atoms with Crippen molar-refractivity contribution in [2.45, 2.75) is 13.0 Å². The quantitative estimate of drug-likeness (QED) is 0.704. The van der Waals surface area contributed by atoms with E-state index in [1.807, 2.05) is 0 Å². The van der Waals surface area contributed by atoms with E-state index in [2.05, 4.69) is 9.97 Å². The number of hydrogen-bond acceptors (Lipinski definition) is 4. The molecule has 0 saturated heterocycles. The van der Waals surface area contributed by atoms with Crippen LogP contribution in [0.5, 0.6) is 5.88 Å². The Kier molecular flexibility index (Phi) is 5.43. The van der Waals surface area contributed by atoms with Crippen LogP contribution in [0.3, 0.4) is 0 Å². The molecule has 1 heterocycles. The molecule has 1 N–H and O–H groups in total.